The number of unbranched alkanes of at least 4 members (excludes halogenated alkanes) is 1. The number of benzene rings is 1. The van der Waals surface area contributed by atoms with Crippen molar-refractivity contribution in [2.24, 2.45) is 0 Å². The van der Waals surface area contributed by atoms with Crippen LogP contribution in [0.15, 0.2) is 42.6 Å². The molecule has 1 aromatic carbocycles. The highest BCUT2D eigenvalue weighted by molar-refractivity contribution is 5.86. The predicted molar refractivity (Wildman–Crippen MR) is 97.0 cm³/mol. The molecule has 6 heteroatoms. The van der Waals surface area contributed by atoms with E-state index in [0.717, 1.165) is 47.7 Å². The monoisotopic (exact) mass is 323 g/mol. The van der Waals surface area contributed by atoms with Crippen LogP contribution in [0.1, 0.15) is 19.8 Å². The Hall–Kier alpha value is -2.89. The molecule has 0 aliphatic carbocycles. The van der Waals surface area contributed by atoms with Crippen molar-refractivity contribution in [3.63, 3.8) is 0 Å². The Kier molecular flexibility index (Phi) is 5.05. The second-order valence-electron chi connectivity index (χ2n) is 5.40. The molecule has 6 nitrogen and oxygen atoms in total. The molecule has 0 unspecified atom stereocenters. The summed E-state index contributed by atoms with van der Waals surface area (Å²) in [5.41, 5.74) is 2.50. The molecule has 0 fully saturated rings. The minimum atomic E-state index is 0.541. The van der Waals surface area contributed by atoms with Crippen LogP contribution >= 0.6 is 0 Å². The van der Waals surface area contributed by atoms with E-state index < -0.39 is 0 Å². The molecule has 2 aromatic heterocycles. The summed E-state index contributed by atoms with van der Waals surface area (Å²) in [7, 11) is 1.65. The molecule has 3 rings (SSSR count). The van der Waals surface area contributed by atoms with E-state index in [4.69, 9.17) is 4.74 Å². The molecule has 124 valence electrons. The largest absolute Gasteiger partial charge is 0.497 e. The molecule has 0 aliphatic rings. The number of aromatic nitrogens is 3. The summed E-state index contributed by atoms with van der Waals surface area (Å²) < 4.78 is 5.17. The Balaban J connectivity index is 1.89. The maximum absolute atomic E-state index is 5.17. The van der Waals surface area contributed by atoms with Crippen molar-refractivity contribution < 1.29 is 4.74 Å². The first-order valence-corrected chi connectivity index (χ1v) is 8.08. The van der Waals surface area contributed by atoms with Crippen LogP contribution in [0.5, 0.6) is 5.75 Å². The van der Waals surface area contributed by atoms with Crippen molar-refractivity contribution in [2.45, 2.75) is 19.8 Å². The Bertz CT molecular complexity index is 804. The number of hydrogen-bond donors (Lipinski definition) is 2. The molecule has 0 radical (unpaired) electrons. The lowest BCUT2D eigenvalue weighted by molar-refractivity contribution is 0.415. The highest BCUT2D eigenvalue weighted by Crippen LogP contribution is 2.23. The molecule has 0 atom stereocenters. The maximum Gasteiger partial charge on any atom is 0.229 e. The molecule has 0 saturated carbocycles. The Morgan fingerprint density at radius 1 is 1.08 bits per heavy atom. The highest BCUT2D eigenvalue weighted by Gasteiger charge is 2.08. The zero-order valence-corrected chi connectivity index (χ0v) is 13.9. The first-order valence-electron chi connectivity index (χ1n) is 8.08. The normalized spacial score (nSPS) is 10.6. The zero-order valence-electron chi connectivity index (χ0n) is 13.9. The summed E-state index contributed by atoms with van der Waals surface area (Å²) in [5, 5.41) is 6.59. The van der Waals surface area contributed by atoms with Crippen molar-refractivity contribution in [1.82, 2.24) is 15.0 Å². The molecule has 0 saturated heterocycles. The van der Waals surface area contributed by atoms with E-state index in [9.17, 15) is 0 Å². The van der Waals surface area contributed by atoms with Gasteiger partial charge in [-0.3, -0.25) is 4.98 Å². The fourth-order valence-corrected chi connectivity index (χ4v) is 2.33. The maximum atomic E-state index is 5.17. The van der Waals surface area contributed by atoms with Gasteiger partial charge >= 0.3 is 0 Å². The molecule has 0 bridgehead atoms. The second-order valence-corrected chi connectivity index (χ2v) is 5.40. The first-order chi connectivity index (χ1) is 11.8. The number of nitrogens with zero attached hydrogens (tertiary/aromatic N) is 3. The van der Waals surface area contributed by atoms with Gasteiger partial charge in [-0.15, -0.1) is 0 Å². The van der Waals surface area contributed by atoms with Crippen LogP contribution in [0.4, 0.5) is 17.5 Å². The topological polar surface area (TPSA) is 72.0 Å². The van der Waals surface area contributed by atoms with Gasteiger partial charge in [0.1, 0.15) is 11.3 Å². The van der Waals surface area contributed by atoms with Crippen LogP contribution in [0.3, 0.4) is 0 Å². The van der Waals surface area contributed by atoms with E-state index in [1.54, 1.807) is 13.3 Å². The quantitative estimate of drug-likeness (QED) is 0.641. The molecular formula is C18H21N5O. The third-order valence-corrected chi connectivity index (χ3v) is 3.62. The number of nitrogens with one attached hydrogen (secondary N) is 2. The molecule has 2 heterocycles. The molecule has 3 aromatic rings. The number of methoxy groups -OCH3 is 1. The average Bonchev–Trinajstić information content (AvgIpc) is 2.62. The van der Waals surface area contributed by atoms with E-state index >= 15 is 0 Å². The molecule has 24 heavy (non-hydrogen) atoms. The Labute approximate surface area is 141 Å². The number of fused-ring (bicyclic) bond motifs is 1. The average molecular weight is 323 g/mol. The molecular weight excluding hydrogens is 302 g/mol. The van der Waals surface area contributed by atoms with Crippen molar-refractivity contribution >= 4 is 28.5 Å². The van der Waals surface area contributed by atoms with Gasteiger partial charge in [0.25, 0.3) is 0 Å². The fourth-order valence-electron chi connectivity index (χ4n) is 2.33. The lowest BCUT2D eigenvalue weighted by atomic mass is 10.3. The number of hydrogen-bond acceptors (Lipinski definition) is 6. The fraction of sp³-hybridized carbons (Fsp3) is 0.278. The van der Waals surface area contributed by atoms with E-state index in [0.29, 0.717) is 5.95 Å². The second kappa shape index (κ2) is 7.59. The SMILES string of the molecule is CCCCNc1nc(Nc2ccc(OC)cc2)nc2cccnc12. The van der Waals surface area contributed by atoms with Crippen LogP contribution in [-0.4, -0.2) is 28.6 Å². The van der Waals surface area contributed by atoms with Crippen molar-refractivity contribution in [3.8, 4) is 5.75 Å². The number of rotatable bonds is 7. The van der Waals surface area contributed by atoms with Crippen molar-refractivity contribution in [1.29, 1.82) is 0 Å². The molecule has 0 amide bonds. The Morgan fingerprint density at radius 2 is 1.92 bits per heavy atom. The molecule has 0 spiro atoms. The summed E-state index contributed by atoms with van der Waals surface area (Å²) in [6.07, 6.45) is 3.97. The van der Waals surface area contributed by atoms with Crippen LogP contribution < -0.4 is 15.4 Å². The van der Waals surface area contributed by atoms with Crippen LogP contribution in [0, 0.1) is 0 Å². The lowest BCUT2D eigenvalue weighted by Crippen LogP contribution is -2.07. The van der Waals surface area contributed by atoms with Gasteiger partial charge in [0.05, 0.1) is 12.6 Å². The standard InChI is InChI=1S/C18H21N5O/c1-3-4-11-20-17-16-15(6-5-12-19-16)22-18(23-17)21-13-7-9-14(24-2)10-8-13/h5-10,12H,3-4,11H2,1-2H3,(H2,20,21,22,23). The summed E-state index contributed by atoms with van der Waals surface area (Å²) in [6, 6.07) is 11.5. The zero-order chi connectivity index (χ0) is 16.8. The highest BCUT2D eigenvalue weighted by atomic mass is 16.5. The number of ether oxygens (including phenoxy) is 1. The minimum absolute atomic E-state index is 0.541. The molecule has 2 N–H and O–H groups in total. The van der Waals surface area contributed by atoms with Gasteiger partial charge in [-0.1, -0.05) is 13.3 Å². The molecule has 0 aliphatic heterocycles. The van der Waals surface area contributed by atoms with Crippen LogP contribution in [-0.2, 0) is 0 Å². The number of pyridine rings is 1. The summed E-state index contributed by atoms with van der Waals surface area (Å²) in [6.45, 7) is 3.02. The van der Waals surface area contributed by atoms with E-state index in [1.165, 1.54) is 0 Å². The predicted octanol–water partition coefficient (Wildman–Crippen LogP) is 3.99. The van der Waals surface area contributed by atoms with Crippen molar-refractivity contribution in [2.75, 3.05) is 24.3 Å². The van der Waals surface area contributed by atoms with Gasteiger partial charge < -0.3 is 15.4 Å². The smallest absolute Gasteiger partial charge is 0.229 e. The first kappa shape index (κ1) is 16.0. The van der Waals surface area contributed by atoms with E-state index in [-0.39, 0.29) is 0 Å². The van der Waals surface area contributed by atoms with Gasteiger partial charge in [-0.2, -0.15) is 4.98 Å². The van der Waals surface area contributed by atoms with E-state index in [1.807, 2.05) is 36.4 Å². The van der Waals surface area contributed by atoms with Crippen molar-refractivity contribution in [3.05, 3.63) is 42.6 Å². The third-order valence-electron chi connectivity index (χ3n) is 3.62. The van der Waals surface area contributed by atoms with Crippen LogP contribution in [0.2, 0.25) is 0 Å². The van der Waals surface area contributed by atoms with Crippen LogP contribution in [0.25, 0.3) is 11.0 Å². The van der Waals surface area contributed by atoms with Gasteiger partial charge in [-0.25, -0.2) is 4.98 Å². The summed E-state index contributed by atoms with van der Waals surface area (Å²) in [5.74, 6) is 2.11. The third kappa shape index (κ3) is 3.71. The van der Waals surface area contributed by atoms with E-state index in [2.05, 4.69) is 32.5 Å². The van der Waals surface area contributed by atoms with Gasteiger partial charge in [0.2, 0.25) is 5.95 Å². The van der Waals surface area contributed by atoms with Gasteiger partial charge in [0.15, 0.2) is 5.82 Å². The van der Waals surface area contributed by atoms with Gasteiger partial charge in [0, 0.05) is 18.4 Å². The summed E-state index contributed by atoms with van der Waals surface area (Å²) >= 11 is 0. The summed E-state index contributed by atoms with van der Waals surface area (Å²) in [4.78, 5) is 13.5. The number of anilines is 3. The van der Waals surface area contributed by atoms with Gasteiger partial charge in [-0.05, 0) is 42.8 Å². The Morgan fingerprint density at radius 3 is 2.67 bits per heavy atom. The minimum Gasteiger partial charge on any atom is -0.497 e. The lowest BCUT2D eigenvalue weighted by Gasteiger charge is -2.11.